The molecule has 0 spiro atoms. The topological polar surface area (TPSA) is 141 Å². The van der Waals surface area contributed by atoms with Crippen molar-refractivity contribution in [1.82, 2.24) is 9.88 Å². The highest BCUT2D eigenvalue weighted by molar-refractivity contribution is 7.89. The lowest BCUT2D eigenvalue weighted by molar-refractivity contribution is -0.387. The molecular weight excluding hydrogens is 288 g/mol. The van der Waals surface area contributed by atoms with Gasteiger partial charge in [-0.1, -0.05) is 5.16 Å². The van der Waals surface area contributed by atoms with Crippen LogP contribution in [0.4, 0.5) is 11.4 Å². The molecule has 0 atom stereocenters. The molecule has 3 N–H and O–H groups in total. The molecular formula is C10H10N4O5S. The van der Waals surface area contributed by atoms with E-state index >= 15 is 0 Å². The fourth-order valence-corrected chi connectivity index (χ4v) is 2.67. The molecule has 10 heteroatoms. The van der Waals surface area contributed by atoms with Gasteiger partial charge in [0, 0.05) is 17.8 Å². The van der Waals surface area contributed by atoms with Crippen molar-refractivity contribution in [3.8, 4) is 0 Å². The number of aromatic nitrogens is 1. The van der Waals surface area contributed by atoms with Gasteiger partial charge in [-0.25, -0.2) is 13.1 Å². The van der Waals surface area contributed by atoms with Crippen LogP contribution in [0.5, 0.6) is 0 Å². The van der Waals surface area contributed by atoms with Crippen molar-refractivity contribution in [3.63, 3.8) is 0 Å². The second-order valence-corrected chi connectivity index (χ2v) is 5.53. The highest BCUT2D eigenvalue weighted by Crippen LogP contribution is 2.25. The summed E-state index contributed by atoms with van der Waals surface area (Å²) in [5.41, 5.74) is 5.38. The summed E-state index contributed by atoms with van der Waals surface area (Å²) in [6.45, 7) is -0.148. The Morgan fingerprint density at radius 1 is 1.40 bits per heavy atom. The van der Waals surface area contributed by atoms with Gasteiger partial charge in [0.25, 0.3) is 5.69 Å². The highest BCUT2D eigenvalue weighted by Gasteiger charge is 2.25. The van der Waals surface area contributed by atoms with Crippen molar-refractivity contribution in [2.45, 2.75) is 11.4 Å². The number of sulfonamides is 1. The molecule has 2 aromatic rings. The highest BCUT2D eigenvalue weighted by atomic mass is 32.2. The first-order valence-electron chi connectivity index (χ1n) is 5.33. The van der Waals surface area contributed by atoms with Crippen LogP contribution in [0.1, 0.15) is 5.69 Å². The zero-order chi connectivity index (χ0) is 14.8. The van der Waals surface area contributed by atoms with Crippen LogP contribution in [0.3, 0.4) is 0 Å². The number of nitro groups is 1. The summed E-state index contributed by atoms with van der Waals surface area (Å²) in [6.07, 6.45) is 1.28. The van der Waals surface area contributed by atoms with Crippen molar-refractivity contribution in [2.24, 2.45) is 0 Å². The lowest BCUT2D eigenvalue weighted by atomic mass is 10.3. The molecule has 0 radical (unpaired) electrons. The maximum Gasteiger partial charge on any atom is 0.289 e. The zero-order valence-electron chi connectivity index (χ0n) is 10.0. The Balaban J connectivity index is 2.33. The number of hydrogen-bond acceptors (Lipinski definition) is 7. The maximum absolute atomic E-state index is 12.1. The normalized spacial score (nSPS) is 11.4. The van der Waals surface area contributed by atoms with E-state index in [1.807, 2.05) is 0 Å². The van der Waals surface area contributed by atoms with Gasteiger partial charge in [0.15, 0.2) is 4.90 Å². The Morgan fingerprint density at radius 2 is 2.15 bits per heavy atom. The minimum atomic E-state index is -4.09. The third-order valence-corrected chi connectivity index (χ3v) is 3.84. The second kappa shape index (κ2) is 5.27. The minimum absolute atomic E-state index is 0.109. The van der Waals surface area contributed by atoms with Crippen LogP contribution in [0.2, 0.25) is 0 Å². The van der Waals surface area contributed by atoms with Gasteiger partial charge in [-0.3, -0.25) is 10.1 Å². The molecule has 1 aromatic heterocycles. The zero-order valence-corrected chi connectivity index (χ0v) is 10.8. The van der Waals surface area contributed by atoms with Gasteiger partial charge < -0.3 is 10.3 Å². The SMILES string of the molecule is Nc1ccc([N+](=O)[O-])c(S(=O)(=O)NCc2ccon2)c1. The number of nitrogens with zero attached hydrogens (tertiary/aromatic N) is 2. The third kappa shape index (κ3) is 2.92. The molecule has 0 aliphatic heterocycles. The minimum Gasteiger partial charge on any atom is -0.399 e. The average molecular weight is 298 g/mol. The predicted octanol–water partition coefficient (Wildman–Crippen LogP) is 0.643. The lowest BCUT2D eigenvalue weighted by Crippen LogP contribution is -2.24. The number of benzene rings is 1. The molecule has 0 saturated carbocycles. The molecule has 20 heavy (non-hydrogen) atoms. The summed E-state index contributed by atoms with van der Waals surface area (Å²) in [5.74, 6) is 0. The van der Waals surface area contributed by atoms with E-state index in [1.165, 1.54) is 18.4 Å². The smallest absolute Gasteiger partial charge is 0.289 e. The van der Waals surface area contributed by atoms with Gasteiger partial charge in [-0.15, -0.1) is 0 Å². The van der Waals surface area contributed by atoms with Crippen LogP contribution in [-0.2, 0) is 16.6 Å². The van der Waals surface area contributed by atoms with Gasteiger partial charge in [0.2, 0.25) is 10.0 Å². The molecule has 106 valence electrons. The standard InChI is InChI=1S/C10H10N4O5S/c11-7-1-2-9(14(15)16)10(5-7)20(17,18)12-6-8-3-4-19-13-8/h1-5,12H,6,11H2. The number of nitrogens with one attached hydrogen (secondary N) is 1. The van der Waals surface area contributed by atoms with Gasteiger partial charge >= 0.3 is 0 Å². The number of anilines is 1. The van der Waals surface area contributed by atoms with Crippen LogP contribution < -0.4 is 10.5 Å². The summed E-state index contributed by atoms with van der Waals surface area (Å²) in [5, 5.41) is 14.4. The maximum atomic E-state index is 12.1. The predicted molar refractivity (Wildman–Crippen MR) is 68.0 cm³/mol. The molecule has 0 aliphatic rings. The van der Waals surface area contributed by atoms with E-state index in [0.29, 0.717) is 5.69 Å². The number of nitrogen functional groups attached to an aromatic ring is 1. The van der Waals surface area contributed by atoms with Gasteiger partial charge in [0.05, 0.1) is 17.2 Å². The Morgan fingerprint density at radius 3 is 2.75 bits per heavy atom. The van der Waals surface area contributed by atoms with Gasteiger partial charge in [-0.05, 0) is 12.1 Å². The van der Waals surface area contributed by atoms with Crippen molar-refractivity contribution < 1.29 is 17.9 Å². The summed E-state index contributed by atoms with van der Waals surface area (Å²) < 4.78 is 30.9. The number of rotatable bonds is 5. The van der Waals surface area contributed by atoms with Crippen LogP contribution in [0.15, 0.2) is 39.9 Å². The molecule has 0 fully saturated rings. The largest absolute Gasteiger partial charge is 0.399 e. The molecule has 1 heterocycles. The van der Waals surface area contributed by atoms with Gasteiger partial charge in [-0.2, -0.15) is 0 Å². The van der Waals surface area contributed by atoms with E-state index in [-0.39, 0.29) is 12.2 Å². The number of nitrogens with two attached hydrogens (primary N) is 1. The van der Waals surface area contributed by atoms with Gasteiger partial charge in [0.1, 0.15) is 6.26 Å². The van der Waals surface area contributed by atoms with E-state index < -0.39 is 25.5 Å². The Bertz CT molecular complexity index is 726. The summed E-state index contributed by atoms with van der Waals surface area (Å²) in [6, 6.07) is 4.80. The Kier molecular flexibility index (Phi) is 3.68. The first-order valence-corrected chi connectivity index (χ1v) is 6.81. The summed E-state index contributed by atoms with van der Waals surface area (Å²) >= 11 is 0. The molecule has 0 saturated heterocycles. The van der Waals surface area contributed by atoms with E-state index in [1.54, 1.807) is 0 Å². The monoisotopic (exact) mass is 298 g/mol. The number of nitro benzene ring substituents is 1. The molecule has 0 unspecified atom stereocenters. The molecule has 0 amide bonds. The van der Waals surface area contributed by atoms with Crippen LogP contribution in [0, 0.1) is 10.1 Å². The Labute approximate surface area is 113 Å². The van der Waals surface area contributed by atoms with Crippen LogP contribution in [0.25, 0.3) is 0 Å². The first-order chi connectivity index (χ1) is 9.40. The van der Waals surface area contributed by atoms with Crippen molar-refractivity contribution >= 4 is 21.4 Å². The average Bonchev–Trinajstić information content (AvgIpc) is 2.89. The van der Waals surface area contributed by atoms with Crippen molar-refractivity contribution in [3.05, 3.63) is 46.3 Å². The quantitative estimate of drug-likeness (QED) is 0.468. The first kappa shape index (κ1) is 14.0. The Hall–Kier alpha value is -2.46. The third-order valence-electron chi connectivity index (χ3n) is 2.40. The molecule has 2 rings (SSSR count). The van der Waals surface area contributed by atoms with Crippen LogP contribution >= 0.6 is 0 Å². The molecule has 0 aliphatic carbocycles. The summed E-state index contributed by atoms with van der Waals surface area (Å²) in [7, 11) is -4.09. The number of hydrogen-bond donors (Lipinski definition) is 2. The molecule has 9 nitrogen and oxygen atoms in total. The van der Waals surface area contributed by atoms with Crippen molar-refractivity contribution in [2.75, 3.05) is 5.73 Å². The van der Waals surface area contributed by atoms with E-state index in [2.05, 4.69) is 14.4 Å². The second-order valence-electron chi connectivity index (χ2n) is 3.80. The molecule has 1 aromatic carbocycles. The van der Waals surface area contributed by atoms with E-state index in [4.69, 9.17) is 5.73 Å². The molecule has 0 bridgehead atoms. The lowest BCUT2D eigenvalue weighted by Gasteiger charge is -2.06. The fourth-order valence-electron chi connectivity index (χ4n) is 1.47. The van der Waals surface area contributed by atoms with E-state index in [0.717, 1.165) is 12.1 Å². The fraction of sp³-hybridized carbons (Fsp3) is 0.100. The summed E-state index contributed by atoms with van der Waals surface area (Å²) in [4.78, 5) is 9.58. The van der Waals surface area contributed by atoms with Crippen molar-refractivity contribution in [1.29, 1.82) is 0 Å². The van der Waals surface area contributed by atoms with E-state index in [9.17, 15) is 18.5 Å². The van der Waals surface area contributed by atoms with Crippen LogP contribution in [-0.4, -0.2) is 18.5 Å².